The van der Waals surface area contributed by atoms with Crippen molar-refractivity contribution in [3.05, 3.63) is 71.3 Å². The van der Waals surface area contributed by atoms with Gasteiger partial charge in [-0.05, 0) is 30.5 Å². The van der Waals surface area contributed by atoms with Crippen LogP contribution in [0.15, 0.2) is 54.6 Å². The second kappa shape index (κ2) is 5.92. The third-order valence-corrected chi connectivity index (χ3v) is 4.22. The molecule has 0 N–H and O–H groups in total. The van der Waals surface area contributed by atoms with Gasteiger partial charge in [0.05, 0.1) is 0 Å². The van der Waals surface area contributed by atoms with Crippen LogP contribution in [0.1, 0.15) is 28.9 Å². The lowest BCUT2D eigenvalue weighted by Gasteiger charge is -2.14. The fourth-order valence-electron chi connectivity index (χ4n) is 1.93. The molecule has 88 valence electrons. The zero-order chi connectivity index (χ0) is 12.1. The van der Waals surface area contributed by atoms with Gasteiger partial charge in [0.25, 0.3) is 0 Å². The molecule has 0 spiro atoms. The van der Waals surface area contributed by atoms with E-state index < -0.39 is 0 Å². The van der Waals surface area contributed by atoms with Crippen molar-refractivity contribution in [1.29, 1.82) is 0 Å². The van der Waals surface area contributed by atoms with E-state index in [9.17, 15) is 0 Å². The van der Waals surface area contributed by atoms with Crippen LogP contribution in [0.3, 0.4) is 0 Å². The molecular weight excluding hydrogens is 224 g/mol. The first-order valence-electron chi connectivity index (χ1n) is 5.98. The topological polar surface area (TPSA) is 0 Å². The van der Waals surface area contributed by atoms with Crippen molar-refractivity contribution in [3.8, 4) is 0 Å². The van der Waals surface area contributed by atoms with Crippen LogP contribution in [0.5, 0.6) is 0 Å². The molecule has 0 aliphatic heterocycles. The van der Waals surface area contributed by atoms with Crippen LogP contribution in [-0.2, 0) is 5.75 Å². The molecule has 0 bridgehead atoms. The van der Waals surface area contributed by atoms with Gasteiger partial charge in [0, 0.05) is 11.0 Å². The van der Waals surface area contributed by atoms with Crippen molar-refractivity contribution >= 4 is 11.8 Å². The van der Waals surface area contributed by atoms with Crippen molar-refractivity contribution in [1.82, 2.24) is 0 Å². The Hall–Kier alpha value is -1.21. The maximum Gasteiger partial charge on any atom is 0.0275 e. The molecule has 0 aliphatic rings. The van der Waals surface area contributed by atoms with Gasteiger partial charge < -0.3 is 0 Å². The van der Waals surface area contributed by atoms with E-state index in [0.717, 1.165) is 5.75 Å². The molecule has 1 atom stereocenters. The first-order chi connectivity index (χ1) is 8.27. The van der Waals surface area contributed by atoms with E-state index in [2.05, 4.69) is 68.4 Å². The fourth-order valence-corrected chi connectivity index (χ4v) is 3.01. The van der Waals surface area contributed by atoms with Crippen molar-refractivity contribution < 1.29 is 0 Å². The lowest BCUT2D eigenvalue weighted by Crippen LogP contribution is -1.92. The largest absolute Gasteiger partial charge is 0.149 e. The average molecular weight is 242 g/mol. The summed E-state index contributed by atoms with van der Waals surface area (Å²) in [5.41, 5.74) is 4.24. The monoisotopic (exact) mass is 242 g/mol. The lowest BCUT2D eigenvalue weighted by atomic mass is 10.1. The Morgan fingerprint density at radius 3 is 2.29 bits per heavy atom. The highest BCUT2D eigenvalue weighted by Gasteiger charge is 2.08. The smallest absolute Gasteiger partial charge is 0.0275 e. The number of hydrogen-bond donors (Lipinski definition) is 0. The minimum atomic E-state index is 0.552. The Kier molecular flexibility index (Phi) is 4.27. The van der Waals surface area contributed by atoms with E-state index in [-0.39, 0.29) is 0 Å². The zero-order valence-corrected chi connectivity index (χ0v) is 11.2. The molecule has 0 fully saturated rings. The van der Waals surface area contributed by atoms with Crippen molar-refractivity contribution in [2.75, 3.05) is 0 Å². The van der Waals surface area contributed by atoms with Crippen LogP contribution < -0.4 is 0 Å². The fraction of sp³-hybridized carbons (Fsp3) is 0.250. The van der Waals surface area contributed by atoms with E-state index in [1.807, 2.05) is 11.8 Å². The van der Waals surface area contributed by atoms with Crippen molar-refractivity contribution in [3.63, 3.8) is 0 Å². The van der Waals surface area contributed by atoms with Crippen molar-refractivity contribution in [2.45, 2.75) is 24.9 Å². The summed E-state index contributed by atoms with van der Waals surface area (Å²) in [5.74, 6) is 1.08. The highest BCUT2D eigenvalue weighted by atomic mass is 32.2. The molecule has 0 heterocycles. The van der Waals surface area contributed by atoms with Crippen LogP contribution in [-0.4, -0.2) is 0 Å². The summed E-state index contributed by atoms with van der Waals surface area (Å²) in [5, 5.41) is 0.552. The maximum atomic E-state index is 2.29. The van der Waals surface area contributed by atoms with Gasteiger partial charge >= 0.3 is 0 Å². The molecule has 2 aromatic carbocycles. The van der Waals surface area contributed by atoms with Gasteiger partial charge in [-0.1, -0.05) is 54.6 Å². The number of hydrogen-bond acceptors (Lipinski definition) is 1. The predicted octanol–water partition coefficient (Wildman–Crippen LogP) is 4.99. The van der Waals surface area contributed by atoms with E-state index in [0.29, 0.717) is 5.25 Å². The highest BCUT2D eigenvalue weighted by Crippen LogP contribution is 2.32. The summed E-state index contributed by atoms with van der Waals surface area (Å²) in [4.78, 5) is 0. The molecule has 0 nitrogen and oxygen atoms in total. The van der Waals surface area contributed by atoms with Crippen LogP contribution in [0.25, 0.3) is 0 Å². The van der Waals surface area contributed by atoms with E-state index in [1.54, 1.807) is 0 Å². The molecule has 0 aromatic heterocycles. The van der Waals surface area contributed by atoms with Gasteiger partial charge in [-0.2, -0.15) is 0 Å². The Labute approximate surface area is 108 Å². The summed E-state index contributed by atoms with van der Waals surface area (Å²) >= 11 is 2.00. The SMILES string of the molecule is Cc1ccccc1C(C)SCc1ccccc1. The number of rotatable bonds is 4. The Morgan fingerprint density at radius 1 is 0.941 bits per heavy atom. The summed E-state index contributed by atoms with van der Waals surface area (Å²) in [6.07, 6.45) is 0. The normalized spacial score (nSPS) is 12.4. The van der Waals surface area contributed by atoms with Gasteiger partial charge in [-0.25, -0.2) is 0 Å². The number of thioether (sulfide) groups is 1. The summed E-state index contributed by atoms with van der Waals surface area (Å²) in [6, 6.07) is 19.3. The highest BCUT2D eigenvalue weighted by molar-refractivity contribution is 7.98. The average Bonchev–Trinajstić information content (AvgIpc) is 2.38. The quantitative estimate of drug-likeness (QED) is 0.728. The molecule has 0 saturated carbocycles. The molecule has 1 unspecified atom stereocenters. The van der Waals surface area contributed by atoms with Crippen LogP contribution >= 0.6 is 11.8 Å². The van der Waals surface area contributed by atoms with E-state index in [1.165, 1.54) is 16.7 Å². The van der Waals surface area contributed by atoms with E-state index >= 15 is 0 Å². The summed E-state index contributed by atoms with van der Waals surface area (Å²) in [7, 11) is 0. The zero-order valence-electron chi connectivity index (χ0n) is 10.4. The van der Waals surface area contributed by atoms with Gasteiger partial charge in [0.15, 0.2) is 0 Å². The Bertz CT molecular complexity index is 462. The summed E-state index contributed by atoms with van der Waals surface area (Å²) in [6.45, 7) is 4.48. The predicted molar refractivity (Wildman–Crippen MR) is 77.3 cm³/mol. The summed E-state index contributed by atoms with van der Waals surface area (Å²) < 4.78 is 0. The lowest BCUT2D eigenvalue weighted by molar-refractivity contribution is 1.07. The van der Waals surface area contributed by atoms with Crippen LogP contribution in [0.4, 0.5) is 0 Å². The second-order valence-electron chi connectivity index (χ2n) is 4.30. The molecule has 17 heavy (non-hydrogen) atoms. The van der Waals surface area contributed by atoms with Crippen molar-refractivity contribution in [2.24, 2.45) is 0 Å². The second-order valence-corrected chi connectivity index (χ2v) is 5.62. The molecule has 0 saturated heterocycles. The molecule has 2 aromatic rings. The van der Waals surface area contributed by atoms with Crippen LogP contribution in [0, 0.1) is 6.92 Å². The number of benzene rings is 2. The van der Waals surface area contributed by atoms with Gasteiger partial charge in [-0.15, -0.1) is 11.8 Å². The molecule has 1 heteroatoms. The standard InChI is InChI=1S/C16H18S/c1-13-8-6-7-11-16(13)14(2)17-12-15-9-4-3-5-10-15/h3-11,14H,12H2,1-2H3. The minimum absolute atomic E-state index is 0.552. The maximum absolute atomic E-state index is 2.29. The molecule has 0 amide bonds. The third-order valence-electron chi connectivity index (χ3n) is 2.97. The number of aryl methyl sites for hydroxylation is 1. The van der Waals surface area contributed by atoms with Gasteiger partial charge in [-0.3, -0.25) is 0 Å². The Balaban J connectivity index is 1.99. The third kappa shape index (κ3) is 3.37. The minimum Gasteiger partial charge on any atom is -0.149 e. The molecule has 0 radical (unpaired) electrons. The van der Waals surface area contributed by atoms with Crippen LogP contribution in [0.2, 0.25) is 0 Å². The Morgan fingerprint density at radius 2 is 1.59 bits per heavy atom. The van der Waals surface area contributed by atoms with Gasteiger partial charge in [0.2, 0.25) is 0 Å². The molecule has 0 aliphatic carbocycles. The van der Waals surface area contributed by atoms with E-state index in [4.69, 9.17) is 0 Å². The molecular formula is C16H18S. The van der Waals surface area contributed by atoms with Gasteiger partial charge in [0.1, 0.15) is 0 Å². The first kappa shape index (κ1) is 12.3. The molecule has 2 rings (SSSR count). The first-order valence-corrected chi connectivity index (χ1v) is 7.03.